The zero-order valence-electron chi connectivity index (χ0n) is 9.04. The topological polar surface area (TPSA) is 79.5 Å². The van der Waals surface area contributed by atoms with Crippen LogP contribution in [0, 0.1) is 0 Å². The lowest BCUT2D eigenvalue weighted by Gasteiger charge is -2.11. The SMILES string of the molecule is CC(C)NC(=NCCCS(C)=O)NN. The van der Waals surface area contributed by atoms with Crippen LogP contribution < -0.4 is 16.6 Å². The Morgan fingerprint density at radius 3 is 2.64 bits per heavy atom. The number of hydrazine groups is 1. The standard InChI is InChI=1S/C8H20N4OS/c1-7(2)11-8(12-9)10-5-4-6-14(3)13/h7H,4-6,9H2,1-3H3,(H2,10,11,12). The van der Waals surface area contributed by atoms with E-state index >= 15 is 0 Å². The minimum Gasteiger partial charge on any atom is -0.353 e. The highest BCUT2D eigenvalue weighted by Crippen LogP contribution is 1.86. The first kappa shape index (κ1) is 13.4. The molecule has 0 radical (unpaired) electrons. The number of nitrogens with two attached hydrogens (primary N) is 1. The van der Waals surface area contributed by atoms with E-state index < -0.39 is 10.8 Å². The van der Waals surface area contributed by atoms with E-state index in [1.165, 1.54) is 0 Å². The summed E-state index contributed by atoms with van der Waals surface area (Å²) < 4.78 is 10.7. The normalized spacial score (nSPS) is 14.2. The van der Waals surface area contributed by atoms with E-state index in [2.05, 4.69) is 15.7 Å². The van der Waals surface area contributed by atoms with Crippen molar-refractivity contribution in [1.82, 2.24) is 10.7 Å². The fourth-order valence-electron chi connectivity index (χ4n) is 0.865. The third-order valence-corrected chi connectivity index (χ3v) is 2.29. The summed E-state index contributed by atoms with van der Waals surface area (Å²) in [5.41, 5.74) is 2.48. The van der Waals surface area contributed by atoms with Gasteiger partial charge in [0.25, 0.3) is 0 Å². The summed E-state index contributed by atoms with van der Waals surface area (Å²) in [5, 5.41) is 3.06. The fourth-order valence-corrected chi connectivity index (χ4v) is 1.40. The van der Waals surface area contributed by atoms with Crippen LogP contribution in [0.2, 0.25) is 0 Å². The van der Waals surface area contributed by atoms with Crippen molar-refractivity contribution in [2.75, 3.05) is 18.6 Å². The molecule has 0 aliphatic carbocycles. The Kier molecular flexibility index (Phi) is 7.41. The van der Waals surface area contributed by atoms with Gasteiger partial charge in [-0.3, -0.25) is 14.6 Å². The van der Waals surface area contributed by atoms with Crippen molar-refractivity contribution < 1.29 is 4.21 Å². The van der Waals surface area contributed by atoms with Gasteiger partial charge in [0.15, 0.2) is 0 Å². The zero-order valence-corrected chi connectivity index (χ0v) is 9.86. The van der Waals surface area contributed by atoms with Crippen molar-refractivity contribution in [2.45, 2.75) is 26.3 Å². The lowest BCUT2D eigenvalue weighted by molar-refractivity contribution is 0.682. The highest BCUT2D eigenvalue weighted by atomic mass is 32.2. The summed E-state index contributed by atoms with van der Waals surface area (Å²) in [6.45, 7) is 4.65. The number of nitrogens with one attached hydrogen (secondary N) is 2. The minimum absolute atomic E-state index is 0.296. The molecule has 4 N–H and O–H groups in total. The molecule has 14 heavy (non-hydrogen) atoms. The number of rotatable bonds is 5. The largest absolute Gasteiger partial charge is 0.353 e. The van der Waals surface area contributed by atoms with Crippen LogP contribution in [0.4, 0.5) is 0 Å². The number of aliphatic imine (C=N–C) groups is 1. The average Bonchev–Trinajstić information content (AvgIpc) is 2.09. The molecule has 0 fully saturated rings. The molecule has 0 saturated carbocycles. The average molecular weight is 220 g/mol. The van der Waals surface area contributed by atoms with E-state index in [1.807, 2.05) is 13.8 Å². The van der Waals surface area contributed by atoms with E-state index in [4.69, 9.17) is 5.84 Å². The molecule has 0 bridgehead atoms. The lowest BCUT2D eigenvalue weighted by Crippen LogP contribution is -2.44. The van der Waals surface area contributed by atoms with Crippen LogP contribution in [0.15, 0.2) is 4.99 Å². The first-order chi connectivity index (χ1) is 6.56. The van der Waals surface area contributed by atoms with Gasteiger partial charge in [-0.1, -0.05) is 0 Å². The minimum atomic E-state index is -0.734. The number of hydrogen-bond acceptors (Lipinski definition) is 3. The molecule has 0 rings (SSSR count). The smallest absolute Gasteiger partial charge is 0.205 e. The molecule has 0 aromatic heterocycles. The van der Waals surface area contributed by atoms with Crippen LogP contribution >= 0.6 is 0 Å². The monoisotopic (exact) mass is 220 g/mol. The summed E-state index contributed by atoms with van der Waals surface area (Å²) in [6, 6.07) is 0.296. The molecule has 0 aromatic carbocycles. The van der Waals surface area contributed by atoms with E-state index in [0.717, 1.165) is 6.42 Å². The van der Waals surface area contributed by atoms with Gasteiger partial charge in [-0.2, -0.15) is 0 Å². The van der Waals surface area contributed by atoms with Crippen LogP contribution in [0.1, 0.15) is 20.3 Å². The molecular formula is C8H20N4OS. The van der Waals surface area contributed by atoms with Gasteiger partial charge in [0.2, 0.25) is 5.96 Å². The van der Waals surface area contributed by atoms with Gasteiger partial charge in [-0.15, -0.1) is 0 Å². The number of guanidine groups is 1. The van der Waals surface area contributed by atoms with Crippen LogP contribution in [-0.4, -0.2) is 34.8 Å². The molecule has 0 aromatic rings. The van der Waals surface area contributed by atoms with Crippen molar-refractivity contribution in [2.24, 2.45) is 10.8 Å². The summed E-state index contributed by atoms with van der Waals surface area (Å²) in [4.78, 5) is 4.19. The van der Waals surface area contributed by atoms with Crippen molar-refractivity contribution in [3.05, 3.63) is 0 Å². The van der Waals surface area contributed by atoms with Crippen molar-refractivity contribution in [1.29, 1.82) is 0 Å². The summed E-state index contributed by atoms with van der Waals surface area (Å²) in [6.07, 6.45) is 2.51. The molecule has 1 atom stereocenters. The van der Waals surface area contributed by atoms with E-state index in [-0.39, 0.29) is 0 Å². The second-order valence-electron chi connectivity index (χ2n) is 3.30. The predicted octanol–water partition coefficient (Wildman–Crippen LogP) is -0.428. The maximum atomic E-state index is 10.7. The Morgan fingerprint density at radius 1 is 1.57 bits per heavy atom. The number of nitrogens with zero attached hydrogens (tertiary/aromatic N) is 1. The molecule has 0 aliphatic heterocycles. The molecule has 5 nitrogen and oxygen atoms in total. The maximum absolute atomic E-state index is 10.7. The van der Waals surface area contributed by atoms with Gasteiger partial charge in [0.05, 0.1) is 0 Å². The molecule has 0 spiro atoms. The van der Waals surface area contributed by atoms with E-state index in [0.29, 0.717) is 24.3 Å². The summed E-state index contributed by atoms with van der Waals surface area (Å²) in [7, 11) is -0.734. The van der Waals surface area contributed by atoms with Crippen LogP contribution in [0.5, 0.6) is 0 Å². The van der Waals surface area contributed by atoms with E-state index in [9.17, 15) is 4.21 Å². The first-order valence-electron chi connectivity index (χ1n) is 4.64. The Hall–Kier alpha value is -0.620. The molecule has 0 aliphatic rings. The Balaban J connectivity index is 3.75. The third-order valence-electron chi connectivity index (χ3n) is 1.42. The Morgan fingerprint density at radius 2 is 2.21 bits per heavy atom. The Bertz CT molecular complexity index is 206. The highest BCUT2D eigenvalue weighted by molar-refractivity contribution is 7.84. The lowest BCUT2D eigenvalue weighted by atomic mass is 10.4. The van der Waals surface area contributed by atoms with Crippen LogP contribution in [0.25, 0.3) is 0 Å². The third kappa shape index (κ3) is 8.00. The van der Waals surface area contributed by atoms with Gasteiger partial charge in [-0.25, -0.2) is 5.84 Å². The molecule has 84 valence electrons. The van der Waals surface area contributed by atoms with Gasteiger partial charge >= 0.3 is 0 Å². The Labute approximate surface area is 88.0 Å². The maximum Gasteiger partial charge on any atom is 0.205 e. The fraction of sp³-hybridized carbons (Fsp3) is 0.875. The molecular weight excluding hydrogens is 200 g/mol. The molecule has 0 heterocycles. The molecule has 6 heteroatoms. The second kappa shape index (κ2) is 7.75. The first-order valence-corrected chi connectivity index (χ1v) is 6.36. The zero-order chi connectivity index (χ0) is 11.0. The van der Waals surface area contributed by atoms with E-state index in [1.54, 1.807) is 6.26 Å². The van der Waals surface area contributed by atoms with Crippen molar-refractivity contribution in [3.63, 3.8) is 0 Å². The number of hydrogen-bond donors (Lipinski definition) is 3. The molecule has 0 amide bonds. The van der Waals surface area contributed by atoms with Crippen molar-refractivity contribution in [3.8, 4) is 0 Å². The van der Waals surface area contributed by atoms with Crippen LogP contribution in [0.3, 0.4) is 0 Å². The quantitative estimate of drug-likeness (QED) is 0.193. The summed E-state index contributed by atoms with van der Waals surface area (Å²) >= 11 is 0. The van der Waals surface area contributed by atoms with Gasteiger partial charge in [0, 0.05) is 35.4 Å². The van der Waals surface area contributed by atoms with Gasteiger partial charge in [0.1, 0.15) is 0 Å². The van der Waals surface area contributed by atoms with Gasteiger partial charge < -0.3 is 5.32 Å². The highest BCUT2D eigenvalue weighted by Gasteiger charge is 1.97. The van der Waals surface area contributed by atoms with Crippen LogP contribution in [-0.2, 0) is 10.8 Å². The molecule has 0 saturated heterocycles. The van der Waals surface area contributed by atoms with Crippen molar-refractivity contribution >= 4 is 16.8 Å². The molecule has 1 unspecified atom stereocenters. The predicted molar refractivity (Wildman–Crippen MR) is 61.4 cm³/mol. The summed E-state index contributed by atoms with van der Waals surface area (Å²) in [5.74, 6) is 6.53. The van der Waals surface area contributed by atoms with Gasteiger partial charge in [-0.05, 0) is 20.3 Å². The second-order valence-corrected chi connectivity index (χ2v) is 4.86.